The maximum atomic E-state index is 11.7. The van der Waals surface area contributed by atoms with Gasteiger partial charge >= 0.3 is 0 Å². The molecule has 4 rings (SSSR count). The summed E-state index contributed by atoms with van der Waals surface area (Å²) in [7, 11) is 1.60. The summed E-state index contributed by atoms with van der Waals surface area (Å²) in [5, 5.41) is 8.18. The Bertz CT molecular complexity index is 878. The van der Waals surface area contributed by atoms with Crippen LogP contribution in [-0.2, 0) is 16.0 Å². The SMILES string of the molecule is CNC(=O)Cc1nc(-c2ccc3cc[nH]c3n2)n(C2CCOC2)n1. The molecule has 124 valence electrons. The number of fused-ring (bicyclic) bond motifs is 1. The van der Waals surface area contributed by atoms with Crippen LogP contribution < -0.4 is 5.32 Å². The highest BCUT2D eigenvalue weighted by molar-refractivity contribution is 5.78. The van der Waals surface area contributed by atoms with E-state index in [1.165, 1.54) is 0 Å². The molecule has 1 aliphatic rings. The average Bonchev–Trinajstić information content (AvgIpc) is 3.33. The molecule has 1 fully saturated rings. The molecule has 2 N–H and O–H groups in total. The molecule has 0 spiro atoms. The minimum atomic E-state index is -0.117. The molecule has 1 saturated heterocycles. The van der Waals surface area contributed by atoms with Gasteiger partial charge in [0.15, 0.2) is 11.6 Å². The molecule has 0 aliphatic carbocycles. The normalized spacial score (nSPS) is 17.5. The van der Waals surface area contributed by atoms with Crippen molar-refractivity contribution >= 4 is 16.9 Å². The second-order valence-electron chi connectivity index (χ2n) is 5.78. The number of hydrogen-bond acceptors (Lipinski definition) is 5. The number of aromatic nitrogens is 5. The first-order valence-corrected chi connectivity index (χ1v) is 7.93. The van der Waals surface area contributed by atoms with Crippen molar-refractivity contribution in [2.75, 3.05) is 20.3 Å². The highest BCUT2D eigenvalue weighted by Gasteiger charge is 2.25. The van der Waals surface area contributed by atoms with Gasteiger partial charge in [0, 0.05) is 25.2 Å². The van der Waals surface area contributed by atoms with E-state index >= 15 is 0 Å². The van der Waals surface area contributed by atoms with Gasteiger partial charge in [-0.2, -0.15) is 5.10 Å². The predicted octanol–water partition coefficient (Wildman–Crippen LogP) is 1.07. The molecule has 1 aliphatic heterocycles. The summed E-state index contributed by atoms with van der Waals surface area (Å²) in [4.78, 5) is 24.0. The Balaban J connectivity index is 1.77. The molecule has 8 nitrogen and oxygen atoms in total. The average molecular weight is 326 g/mol. The lowest BCUT2D eigenvalue weighted by Crippen LogP contribution is -2.21. The van der Waals surface area contributed by atoms with E-state index in [2.05, 4.69) is 25.4 Å². The standard InChI is InChI=1S/C16H18N6O2/c1-17-14(23)8-13-20-16(22(21-13)11-5-7-24-9-11)12-3-2-10-4-6-18-15(10)19-12/h2-4,6,11H,5,7-9H2,1H3,(H,17,23)(H,18,19). The van der Waals surface area contributed by atoms with Crippen LogP contribution in [0.4, 0.5) is 0 Å². The Morgan fingerprint density at radius 3 is 3.12 bits per heavy atom. The summed E-state index contributed by atoms with van der Waals surface area (Å²) in [6, 6.07) is 6.01. The van der Waals surface area contributed by atoms with Crippen molar-refractivity contribution in [3.63, 3.8) is 0 Å². The smallest absolute Gasteiger partial charge is 0.227 e. The van der Waals surface area contributed by atoms with Crippen molar-refractivity contribution in [2.45, 2.75) is 18.9 Å². The van der Waals surface area contributed by atoms with Gasteiger partial charge in [0.2, 0.25) is 5.91 Å². The number of H-pyrrole nitrogens is 1. The van der Waals surface area contributed by atoms with Crippen LogP contribution in [0.5, 0.6) is 0 Å². The molecular formula is C16H18N6O2. The van der Waals surface area contributed by atoms with E-state index in [1.807, 2.05) is 29.1 Å². The van der Waals surface area contributed by atoms with E-state index in [9.17, 15) is 4.79 Å². The minimum Gasteiger partial charge on any atom is -0.379 e. The van der Waals surface area contributed by atoms with Gasteiger partial charge in [-0.05, 0) is 24.6 Å². The van der Waals surface area contributed by atoms with Crippen LogP contribution in [0.25, 0.3) is 22.6 Å². The number of aromatic amines is 1. The first kappa shape index (κ1) is 14.8. The molecule has 0 radical (unpaired) electrons. The fraction of sp³-hybridized carbons (Fsp3) is 0.375. The number of nitrogens with one attached hydrogen (secondary N) is 2. The maximum Gasteiger partial charge on any atom is 0.227 e. The van der Waals surface area contributed by atoms with Crippen molar-refractivity contribution in [2.24, 2.45) is 0 Å². The molecule has 1 atom stereocenters. The van der Waals surface area contributed by atoms with Crippen LogP contribution in [-0.4, -0.2) is 50.9 Å². The zero-order chi connectivity index (χ0) is 16.5. The lowest BCUT2D eigenvalue weighted by molar-refractivity contribution is -0.120. The molecule has 3 aromatic heterocycles. The Labute approximate surface area is 138 Å². The van der Waals surface area contributed by atoms with Gasteiger partial charge in [0.05, 0.1) is 19.1 Å². The third kappa shape index (κ3) is 2.65. The molecule has 0 saturated carbocycles. The second-order valence-corrected chi connectivity index (χ2v) is 5.78. The Morgan fingerprint density at radius 1 is 1.42 bits per heavy atom. The third-order valence-corrected chi connectivity index (χ3v) is 4.16. The van der Waals surface area contributed by atoms with Crippen LogP contribution >= 0.6 is 0 Å². The Hall–Kier alpha value is -2.74. The van der Waals surface area contributed by atoms with Gasteiger partial charge in [-0.25, -0.2) is 14.6 Å². The van der Waals surface area contributed by atoms with E-state index in [0.717, 1.165) is 23.1 Å². The largest absolute Gasteiger partial charge is 0.379 e. The summed E-state index contributed by atoms with van der Waals surface area (Å²) in [5.74, 6) is 1.04. The van der Waals surface area contributed by atoms with E-state index in [0.29, 0.717) is 24.9 Å². The van der Waals surface area contributed by atoms with Crippen molar-refractivity contribution in [3.05, 3.63) is 30.2 Å². The molecule has 0 aromatic carbocycles. The molecule has 3 aromatic rings. The van der Waals surface area contributed by atoms with Crippen molar-refractivity contribution in [3.8, 4) is 11.5 Å². The summed E-state index contributed by atoms with van der Waals surface area (Å²) in [6.45, 7) is 1.30. The highest BCUT2D eigenvalue weighted by Crippen LogP contribution is 2.26. The van der Waals surface area contributed by atoms with Crippen LogP contribution in [0.1, 0.15) is 18.3 Å². The van der Waals surface area contributed by atoms with Gasteiger partial charge in [-0.3, -0.25) is 4.79 Å². The summed E-state index contributed by atoms with van der Waals surface area (Å²) in [5.41, 5.74) is 1.53. The molecule has 8 heteroatoms. The lowest BCUT2D eigenvalue weighted by atomic mass is 10.2. The maximum absolute atomic E-state index is 11.7. The number of amides is 1. The van der Waals surface area contributed by atoms with Gasteiger partial charge in [-0.15, -0.1) is 0 Å². The molecule has 1 unspecified atom stereocenters. The van der Waals surface area contributed by atoms with Gasteiger partial charge in [0.25, 0.3) is 0 Å². The van der Waals surface area contributed by atoms with Crippen molar-refractivity contribution in [1.82, 2.24) is 30.0 Å². The minimum absolute atomic E-state index is 0.117. The number of hydrogen-bond donors (Lipinski definition) is 2. The number of carbonyl (C=O) groups is 1. The Kier molecular flexibility index (Phi) is 3.73. The molecule has 0 bridgehead atoms. The van der Waals surface area contributed by atoms with Crippen LogP contribution in [0.2, 0.25) is 0 Å². The fourth-order valence-corrected chi connectivity index (χ4v) is 2.87. The van der Waals surface area contributed by atoms with Gasteiger partial charge in [-0.1, -0.05) is 0 Å². The van der Waals surface area contributed by atoms with Crippen LogP contribution in [0.3, 0.4) is 0 Å². The summed E-state index contributed by atoms with van der Waals surface area (Å²) < 4.78 is 7.33. The molecule has 4 heterocycles. The summed E-state index contributed by atoms with van der Waals surface area (Å²) in [6.07, 6.45) is 2.88. The first-order chi connectivity index (χ1) is 11.7. The number of likely N-dealkylation sites (N-methyl/N-ethyl adjacent to an activating group) is 1. The third-order valence-electron chi connectivity index (χ3n) is 4.16. The van der Waals surface area contributed by atoms with Gasteiger partial charge in [0.1, 0.15) is 11.3 Å². The van der Waals surface area contributed by atoms with Crippen molar-refractivity contribution < 1.29 is 9.53 Å². The number of nitrogens with zero attached hydrogens (tertiary/aromatic N) is 4. The Morgan fingerprint density at radius 2 is 2.33 bits per heavy atom. The fourth-order valence-electron chi connectivity index (χ4n) is 2.87. The van der Waals surface area contributed by atoms with Gasteiger partial charge < -0.3 is 15.0 Å². The van der Waals surface area contributed by atoms with Crippen molar-refractivity contribution in [1.29, 1.82) is 0 Å². The number of carbonyl (C=O) groups excluding carboxylic acids is 1. The molecule has 1 amide bonds. The second kappa shape index (κ2) is 6.04. The predicted molar refractivity (Wildman–Crippen MR) is 87.4 cm³/mol. The quantitative estimate of drug-likeness (QED) is 0.747. The monoisotopic (exact) mass is 326 g/mol. The number of ether oxygens (including phenoxy) is 1. The number of rotatable bonds is 4. The highest BCUT2D eigenvalue weighted by atomic mass is 16.5. The zero-order valence-electron chi connectivity index (χ0n) is 13.3. The van der Waals surface area contributed by atoms with E-state index in [4.69, 9.17) is 4.74 Å². The van der Waals surface area contributed by atoms with Crippen LogP contribution in [0, 0.1) is 0 Å². The van der Waals surface area contributed by atoms with Crippen LogP contribution in [0.15, 0.2) is 24.4 Å². The summed E-state index contributed by atoms with van der Waals surface area (Å²) >= 11 is 0. The number of pyridine rings is 1. The van der Waals surface area contributed by atoms with E-state index in [1.54, 1.807) is 7.05 Å². The molecular weight excluding hydrogens is 308 g/mol. The molecule has 24 heavy (non-hydrogen) atoms. The lowest BCUT2D eigenvalue weighted by Gasteiger charge is -2.11. The van der Waals surface area contributed by atoms with E-state index in [-0.39, 0.29) is 18.4 Å². The van der Waals surface area contributed by atoms with E-state index < -0.39 is 0 Å². The topological polar surface area (TPSA) is 97.7 Å². The first-order valence-electron chi connectivity index (χ1n) is 7.93. The zero-order valence-corrected chi connectivity index (χ0v) is 13.3.